The summed E-state index contributed by atoms with van der Waals surface area (Å²) in [6.45, 7) is 5.05. The number of halogens is 1. The Bertz CT molecular complexity index is 1040. The van der Waals surface area contributed by atoms with E-state index in [0.29, 0.717) is 22.4 Å². The van der Waals surface area contributed by atoms with Gasteiger partial charge < -0.3 is 10.1 Å². The standard InChI is InChI=1S/C24H26ClN3O3S/c1-15-8-10-17(11-9-15)26-24-28(14-18-5-4-12-31-18)23(30)21(32-24)13-22(29)27-20-7-3-6-19(25)16(20)2/h3,6-11,18,21H,4-5,12-14H2,1-2H3,(H,27,29)/t18-,21-/m0/s1. The van der Waals surface area contributed by atoms with Crippen LogP contribution in [0.5, 0.6) is 0 Å². The maximum absolute atomic E-state index is 13.2. The Morgan fingerprint density at radius 2 is 2.03 bits per heavy atom. The van der Waals surface area contributed by atoms with Gasteiger partial charge in [0, 0.05) is 23.7 Å². The Hall–Kier alpha value is -2.35. The molecule has 2 aromatic carbocycles. The molecule has 0 aromatic heterocycles. The van der Waals surface area contributed by atoms with Crippen molar-refractivity contribution in [3.05, 3.63) is 58.6 Å². The molecule has 0 saturated carbocycles. The Morgan fingerprint density at radius 1 is 1.25 bits per heavy atom. The number of carbonyl (C=O) groups excluding carboxylic acids is 2. The summed E-state index contributed by atoms with van der Waals surface area (Å²) in [5.41, 5.74) is 3.38. The molecule has 6 nitrogen and oxygen atoms in total. The number of ether oxygens (including phenoxy) is 1. The Kier molecular flexibility index (Phi) is 7.18. The Morgan fingerprint density at radius 3 is 2.75 bits per heavy atom. The van der Waals surface area contributed by atoms with Crippen LogP contribution in [0, 0.1) is 13.8 Å². The van der Waals surface area contributed by atoms with Crippen LogP contribution < -0.4 is 5.32 Å². The van der Waals surface area contributed by atoms with Crippen LogP contribution in [0.3, 0.4) is 0 Å². The lowest BCUT2D eigenvalue weighted by atomic mass is 10.2. The van der Waals surface area contributed by atoms with Crippen LogP contribution in [-0.2, 0) is 14.3 Å². The summed E-state index contributed by atoms with van der Waals surface area (Å²) in [5.74, 6) is -0.329. The summed E-state index contributed by atoms with van der Waals surface area (Å²) in [4.78, 5) is 32.4. The fraction of sp³-hybridized carbons (Fsp3) is 0.375. The van der Waals surface area contributed by atoms with E-state index < -0.39 is 5.25 Å². The number of rotatable bonds is 6. The van der Waals surface area contributed by atoms with E-state index in [4.69, 9.17) is 21.3 Å². The van der Waals surface area contributed by atoms with Crippen molar-refractivity contribution in [3.63, 3.8) is 0 Å². The van der Waals surface area contributed by atoms with Crippen molar-refractivity contribution in [3.8, 4) is 0 Å². The lowest BCUT2D eigenvalue weighted by Crippen LogP contribution is -2.38. The maximum atomic E-state index is 13.2. The number of aliphatic imine (C=N–C) groups is 1. The molecule has 32 heavy (non-hydrogen) atoms. The monoisotopic (exact) mass is 471 g/mol. The highest BCUT2D eigenvalue weighted by Crippen LogP contribution is 2.33. The first-order valence-electron chi connectivity index (χ1n) is 10.7. The zero-order chi connectivity index (χ0) is 22.7. The SMILES string of the molecule is Cc1ccc(N=C2S[C@@H](CC(=O)Nc3cccc(Cl)c3C)C(=O)N2C[C@@H]2CCCO2)cc1. The second-order valence-electron chi connectivity index (χ2n) is 8.08. The summed E-state index contributed by atoms with van der Waals surface area (Å²) in [6, 6.07) is 13.2. The lowest BCUT2D eigenvalue weighted by molar-refractivity contribution is -0.129. The second kappa shape index (κ2) is 10.1. The highest BCUT2D eigenvalue weighted by molar-refractivity contribution is 8.15. The van der Waals surface area contributed by atoms with Gasteiger partial charge in [-0.15, -0.1) is 0 Å². The fourth-order valence-corrected chi connectivity index (χ4v) is 5.07. The molecule has 2 aliphatic heterocycles. The Balaban J connectivity index is 1.50. The number of amidine groups is 1. The van der Waals surface area contributed by atoms with Crippen molar-refractivity contribution >= 4 is 51.7 Å². The van der Waals surface area contributed by atoms with Crippen molar-refractivity contribution in [2.24, 2.45) is 4.99 Å². The van der Waals surface area contributed by atoms with Crippen molar-refractivity contribution in [1.29, 1.82) is 0 Å². The van der Waals surface area contributed by atoms with Gasteiger partial charge in [0.1, 0.15) is 5.25 Å². The van der Waals surface area contributed by atoms with Gasteiger partial charge in [0.25, 0.3) is 0 Å². The molecular formula is C24H26ClN3O3S. The molecule has 0 spiro atoms. The molecule has 2 heterocycles. The van der Waals surface area contributed by atoms with Crippen LogP contribution in [0.4, 0.5) is 11.4 Å². The minimum Gasteiger partial charge on any atom is -0.376 e. The van der Waals surface area contributed by atoms with Crippen LogP contribution in [0.15, 0.2) is 47.5 Å². The average molecular weight is 472 g/mol. The van der Waals surface area contributed by atoms with E-state index in [0.717, 1.165) is 36.3 Å². The number of hydrogen-bond donors (Lipinski definition) is 1. The zero-order valence-electron chi connectivity index (χ0n) is 18.1. The first-order chi connectivity index (χ1) is 15.4. The highest BCUT2D eigenvalue weighted by Gasteiger charge is 2.40. The van der Waals surface area contributed by atoms with Crippen LogP contribution in [0.25, 0.3) is 0 Å². The van der Waals surface area contributed by atoms with E-state index in [9.17, 15) is 9.59 Å². The predicted molar refractivity (Wildman–Crippen MR) is 130 cm³/mol. The molecule has 8 heteroatoms. The van der Waals surface area contributed by atoms with Crippen molar-refractivity contribution < 1.29 is 14.3 Å². The van der Waals surface area contributed by atoms with Gasteiger partial charge in [0.2, 0.25) is 11.8 Å². The summed E-state index contributed by atoms with van der Waals surface area (Å²) >= 11 is 7.49. The molecule has 2 aliphatic rings. The van der Waals surface area contributed by atoms with Crippen LogP contribution >= 0.6 is 23.4 Å². The van der Waals surface area contributed by atoms with Gasteiger partial charge in [-0.2, -0.15) is 0 Å². The molecule has 4 rings (SSSR count). The van der Waals surface area contributed by atoms with Gasteiger partial charge in [0.05, 0.1) is 18.3 Å². The van der Waals surface area contributed by atoms with Crippen LogP contribution in [-0.4, -0.2) is 46.4 Å². The molecule has 2 fully saturated rings. The number of hydrogen-bond acceptors (Lipinski definition) is 5. The summed E-state index contributed by atoms with van der Waals surface area (Å²) in [6.07, 6.45) is 1.98. The highest BCUT2D eigenvalue weighted by atomic mass is 35.5. The topological polar surface area (TPSA) is 71.0 Å². The zero-order valence-corrected chi connectivity index (χ0v) is 19.7. The van der Waals surface area contributed by atoms with E-state index >= 15 is 0 Å². The van der Waals surface area contributed by atoms with Crippen molar-refractivity contribution in [2.45, 2.75) is 44.5 Å². The molecule has 1 N–H and O–H groups in total. The van der Waals surface area contributed by atoms with Crippen LogP contribution in [0.2, 0.25) is 5.02 Å². The van der Waals surface area contributed by atoms with E-state index in [-0.39, 0.29) is 24.3 Å². The molecule has 0 aliphatic carbocycles. The summed E-state index contributed by atoms with van der Waals surface area (Å²) in [7, 11) is 0. The molecule has 2 amide bonds. The molecule has 2 saturated heterocycles. The smallest absolute Gasteiger partial charge is 0.242 e. The Labute approximate surface area is 197 Å². The minimum atomic E-state index is -0.528. The number of aryl methyl sites for hydroxylation is 1. The van der Waals surface area contributed by atoms with Crippen molar-refractivity contribution in [1.82, 2.24) is 4.90 Å². The van der Waals surface area contributed by atoms with E-state index in [2.05, 4.69) is 5.32 Å². The van der Waals surface area contributed by atoms with Gasteiger partial charge in [0.15, 0.2) is 5.17 Å². The van der Waals surface area contributed by atoms with Gasteiger partial charge in [-0.1, -0.05) is 47.1 Å². The second-order valence-corrected chi connectivity index (χ2v) is 9.66. The minimum absolute atomic E-state index is 0.00412. The molecule has 2 aromatic rings. The van der Waals surface area contributed by atoms with E-state index in [1.54, 1.807) is 23.1 Å². The maximum Gasteiger partial charge on any atom is 0.242 e. The predicted octanol–water partition coefficient (Wildman–Crippen LogP) is 5.10. The van der Waals surface area contributed by atoms with Gasteiger partial charge >= 0.3 is 0 Å². The number of carbonyl (C=O) groups is 2. The van der Waals surface area contributed by atoms with E-state index in [1.807, 2.05) is 38.1 Å². The number of anilines is 1. The molecule has 0 radical (unpaired) electrons. The van der Waals surface area contributed by atoms with Gasteiger partial charge in [-0.25, -0.2) is 4.99 Å². The fourth-order valence-electron chi connectivity index (χ4n) is 3.73. The van der Waals surface area contributed by atoms with Gasteiger partial charge in [-0.3, -0.25) is 14.5 Å². The number of thioether (sulfide) groups is 1. The van der Waals surface area contributed by atoms with E-state index in [1.165, 1.54) is 11.8 Å². The molecule has 0 unspecified atom stereocenters. The molecule has 0 bridgehead atoms. The first-order valence-corrected chi connectivity index (χ1v) is 12.0. The first kappa shape index (κ1) is 22.8. The molecular weight excluding hydrogens is 446 g/mol. The van der Waals surface area contributed by atoms with Gasteiger partial charge in [-0.05, 0) is 56.5 Å². The summed E-state index contributed by atoms with van der Waals surface area (Å²) in [5, 5.41) is 3.56. The number of amides is 2. The summed E-state index contributed by atoms with van der Waals surface area (Å²) < 4.78 is 5.75. The third-order valence-corrected chi connectivity index (χ3v) is 7.19. The largest absolute Gasteiger partial charge is 0.376 e. The third kappa shape index (κ3) is 5.34. The van der Waals surface area contributed by atoms with Crippen molar-refractivity contribution in [2.75, 3.05) is 18.5 Å². The quantitative estimate of drug-likeness (QED) is 0.636. The average Bonchev–Trinajstić information content (AvgIpc) is 3.37. The normalized spacial score (nSPS) is 22.0. The number of nitrogens with one attached hydrogen (secondary N) is 1. The van der Waals surface area contributed by atoms with Crippen LogP contribution in [0.1, 0.15) is 30.4 Å². The third-order valence-electron chi connectivity index (χ3n) is 5.60. The number of nitrogens with zero attached hydrogens (tertiary/aromatic N) is 2. The number of benzene rings is 2. The molecule has 168 valence electrons. The molecule has 2 atom stereocenters. The lowest BCUT2D eigenvalue weighted by Gasteiger charge is -2.20.